The fraction of sp³-hybridized carbons (Fsp3) is 0.118. The number of thiazole rings is 1. The summed E-state index contributed by atoms with van der Waals surface area (Å²) in [4.78, 5) is 4.69. The van der Waals surface area contributed by atoms with Gasteiger partial charge in [0.1, 0.15) is 0 Å². The van der Waals surface area contributed by atoms with Crippen LogP contribution in [0.1, 0.15) is 11.1 Å². The molecule has 0 saturated heterocycles. The van der Waals surface area contributed by atoms with Crippen LogP contribution in [0.2, 0.25) is 0 Å². The summed E-state index contributed by atoms with van der Waals surface area (Å²) in [6, 6.07) is 16.6. The van der Waals surface area contributed by atoms with E-state index in [9.17, 15) is 0 Å². The molecule has 2 nitrogen and oxygen atoms in total. The molecule has 21 heavy (non-hydrogen) atoms. The lowest BCUT2D eigenvalue weighted by Crippen LogP contribution is -1.89. The molecular weight excluding hydrogens is 344 g/mol. The van der Waals surface area contributed by atoms with E-state index in [0.717, 1.165) is 16.5 Å². The third-order valence-electron chi connectivity index (χ3n) is 3.20. The molecule has 0 amide bonds. The van der Waals surface area contributed by atoms with Crippen LogP contribution < -0.4 is 5.32 Å². The Hall–Kier alpha value is -1.65. The van der Waals surface area contributed by atoms with Gasteiger partial charge < -0.3 is 5.32 Å². The molecule has 0 bridgehead atoms. The monoisotopic (exact) mass is 360 g/mol. The molecule has 0 radical (unpaired) electrons. The number of anilines is 2. The van der Waals surface area contributed by atoms with E-state index < -0.39 is 0 Å². The zero-order valence-corrected chi connectivity index (χ0v) is 14.5. The molecule has 0 spiro atoms. The van der Waals surface area contributed by atoms with Crippen molar-refractivity contribution >= 4 is 39.1 Å². The lowest BCUT2D eigenvalue weighted by molar-refractivity contribution is 1.33. The Labute approximate surface area is 139 Å². The van der Waals surface area contributed by atoms with Crippen molar-refractivity contribution in [2.75, 3.05) is 5.32 Å². The van der Waals surface area contributed by atoms with E-state index in [1.165, 1.54) is 16.7 Å². The second-order valence-corrected chi connectivity index (χ2v) is 5.71. The van der Waals surface area contributed by atoms with Gasteiger partial charge in [0.15, 0.2) is 5.13 Å². The van der Waals surface area contributed by atoms with E-state index >= 15 is 0 Å². The Morgan fingerprint density at radius 1 is 1.00 bits per heavy atom. The Morgan fingerprint density at radius 2 is 1.76 bits per heavy atom. The van der Waals surface area contributed by atoms with Crippen LogP contribution >= 0.6 is 28.3 Å². The van der Waals surface area contributed by atoms with Gasteiger partial charge in [-0.05, 0) is 37.6 Å². The first-order valence-electron chi connectivity index (χ1n) is 6.57. The average Bonchev–Trinajstić information content (AvgIpc) is 2.91. The average molecular weight is 361 g/mol. The van der Waals surface area contributed by atoms with E-state index in [0.29, 0.717) is 0 Å². The third kappa shape index (κ3) is 3.71. The molecule has 0 saturated carbocycles. The zero-order chi connectivity index (χ0) is 13.9. The number of nitrogens with one attached hydrogen (secondary N) is 1. The van der Waals surface area contributed by atoms with Crippen LogP contribution in [0.25, 0.3) is 11.3 Å². The summed E-state index contributed by atoms with van der Waals surface area (Å²) in [6.07, 6.45) is 0. The highest BCUT2D eigenvalue weighted by molar-refractivity contribution is 8.93. The van der Waals surface area contributed by atoms with E-state index in [1.807, 2.05) is 30.3 Å². The molecule has 1 aromatic heterocycles. The maximum Gasteiger partial charge on any atom is 0.187 e. The van der Waals surface area contributed by atoms with Crippen molar-refractivity contribution in [3.05, 3.63) is 65.0 Å². The lowest BCUT2D eigenvalue weighted by Gasteiger charge is -2.04. The molecule has 0 aliphatic rings. The number of nitrogens with zero attached hydrogens (tertiary/aromatic N) is 1. The smallest absolute Gasteiger partial charge is 0.187 e. The fourth-order valence-electron chi connectivity index (χ4n) is 2.11. The Morgan fingerprint density at radius 3 is 2.52 bits per heavy atom. The maximum atomic E-state index is 4.69. The molecule has 3 aromatic rings. The fourth-order valence-corrected chi connectivity index (χ4v) is 2.84. The SMILES string of the molecule is Br.Cc1ccc(C)c(-c2csc(Nc3ccccc3)n2)c1. The van der Waals surface area contributed by atoms with Crippen LogP contribution in [-0.4, -0.2) is 4.98 Å². The van der Waals surface area contributed by atoms with Crippen molar-refractivity contribution in [3.8, 4) is 11.3 Å². The summed E-state index contributed by atoms with van der Waals surface area (Å²) in [5, 5.41) is 6.36. The number of benzene rings is 2. The van der Waals surface area contributed by atoms with Gasteiger partial charge in [-0.1, -0.05) is 35.9 Å². The number of aromatic nitrogens is 1. The van der Waals surface area contributed by atoms with Gasteiger partial charge in [0.25, 0.3) is 0 Å². The summed E-state index contributed by atoms with van der Waals surface area (Å²) in [6.45, 7) is 4.23. The number of para-hydroxylation sites is 1. The highest BCUT2D eigenvalue weighted by atomic mass is 79.9. The van der Waals surface area contributed by atoms with Gasteiger partial charge in [0.2, 0.25) is 0 Å². The van der Waals surface area contributed by atoms with Crippen molar-refractivity contribution in [1.29, 1.82) is 0 Å². The number of aryl methyl sites for hydroxylation is 2. The van der Waals surface area contributed by atoms with Gasteiger partial charge in [-0.3, -0.25) is 0 Å². The first kappa shape index (κ1) is 15.7. The topological polar surface area (TPSA) is 24.9 Å². The molecule has 3 rings (SSSR count). The standard InChI is InChI=1S/C17H16N2S.BrH/c1-12-8-9-13(2)15(10-12)16-11-20-17(19-16)18-14-6-4-3-5-7-14;/h3-11H,1-2H3,(H,18,19);1H. The molecule has 2 aromatic carbocycles. The van der Waals surface area contributed by atoms with Crippen molar-refractivity contribution in [2.45, 2.75) is 13.8 Å². The molecule has 1 N–H and O–H groups in total. The van der Waals surface area contributed by atoms with Crippen LogP contribution in [0.5, 0.6) is 0 Å². The van der Waals surface area contributed by atoms with E-state index in [2.05, 4.69) is 47.7 Å². The minimum atomic E-state index is 0. The second kappa shape index (κ2) is 6.87. The second-order valence-electron chi connectivity index (χ2n) is 4.85. The first-order chi connectivity index (χ1) is 9.72. The summed E-state index contributed by atoms with van der Waals surface area (Å²) in [7, 11) is 0. The molecule has 0 unspecified atom stereocenters. The molecule has 0 aliphatic heterocycles. The van der Waals surface area contributed by atoms with Gasteiger partial charge in [0.05, 0.1) is 5.69 Å². The van der Waals surface area contributed by atoms with Crippen LogP contribution in [0.15, 0.2) is 53.9 Å². The highest BCUT2D eigenvalue weighted by Crippen LogP contribution is 2.29. The Kier molecular flexibility index (Phi) is 5.15. The first-order valence-corrected chi connectivity index (χ1v) is 7.45. The molecule has 0 aliphatic carbocycles. The van der Waals surface area contributed by atoms with Crippen molar-refractivity contribution < 1.29 is 0 Å². The minimum Gasteiger partial charge on any atom is -0.332 e. The molecule has 4 heteroatoms. The summed E-state index contributed by atoms with van der Waals surface area (Å²) < 4.78 is 0. The normalized spacial score (nSPS) is 10.0. The van der Waals surface area contributed by atoms with Gasteiger partial charge >= 0.3 is 0 Å². The van der Waals surface area contributed by atoms with Crippen LogP contribution in [-0.2, 0) is 0 Å². The molecule has 0 atom stereocenters. The number of halogens is 1. The molecular formula is C17H17BrN2S. The lowest BCUT2D eigenvalue weighted by atomic mass is 10.0. The number of rotatable bonds is 3. The van der Waals surface area contributed by atoms with Crippen LogP contribution in [0, 0.1) is 13.8 Å². The highest BCUT2D eigenvalue weighted by Gasteiger charge is 2.07. The number of hydrogen-bond acceptors (Lipinski definition) is 3. The minimum absolute atomic E-state index is 0. The molecule has 108 valence electrons. The van der Waals surface area contributed by atoms with Gasteiger partial charge in [-0.2, -0.15) is 0 Å². The largest absolute Gasteiger partial charge is 0.332 e. The van der Waals surface area contributed by atoms with Gasteiger partial charge in [-0.15, -0.1) is 28.3 Å². The van der Waals surface area contributed by atoms with Crippen molar-refractivity contribution in [1.82, 2.24) is 4.98 Å². The van der Waals surface area contributed by atoms with Crippen molar-refractivity contribution in [3.63, 3.8) is 0 Å². The van der Waals surface area contributed by atoms with E-state index in [1.54, 1.807) is 11.3 Å². The summed E-state index contributed by atoms with van der Waals surface area (Å²) in [5.74, 6) is 0. The predicted molar refractivity (Wildman–Crippen MR) is 97.1 cm³/mol. The Balaban J connectivity index is 0.00000161. The van der Waals surface area contributed by atoms with E-state index in [4.69, 9.17) is 0 Å². The maximum absolute atomic E-state index is 4.69. The molecule has 1 heterocycles. The van der Waals surface area contributed by atoms with Gasteiger partial charge in [0, 0.05) is 16.6 Å². The number of hydrogen-bond donors (Lipinski definition) is 1. The Bertz CT molecular complexity index is 723. The molecule has 0 fully saturated rings. The summed E-state index contributed by atoms with van der Waals surface area (Å²) >= 11 is 1.63. The van der Waals surface area contributed by atoms with E-state index in [-0.39, 0.29) is 17.0 Å². The van der Waals surface area contributed by atoms with Crippen LogP contribution in [0.3, 0.4) is 0 Å². The third-order valence-corrected chi connectivity index (χ3v) is 3.96. The quantitative estimate of drug-likeness (QED) is 0.643. The van der Waals surface area contributed by atoms with Crippen molar-refractivity contribution in [2.24, 2.45) is 0 Å². The van der Waals surface area contributed by atoms with Gasteiger partial charge in [-0.25, -0.2) is 4.98 Å². The summed E-state index contributed by atoms with van der Waals surface area (Å²) in [5.41, 5.74) is 5.83. The van der Waals surface area contributed by atoms with Crippen LogP contribution in [0.4, 0.5) is 10.8 Å². The zero-order valence-electron chi connectivity index (χ0n) is 12.0. The predicted octanol–water partition coefficient (Wildman–Crippen LogP) is 5.75.